The first kappa shape index (κ1) is 12.0. The Morgan fingerprint density at radius 1 is 1.40 bits per heavy atom. The van der Waals surface area contributed by atoms with E-state index >= 15 is 0 Å². The van der Waals surface area contributed by atoms with E-state index in [0.29, 0.717) is 6.42 Å². The molecule has 1 atom stereocenters. The number of nitrogens with zero attached hydrogens (tertiary/aromatic N) is 1. The molecule has 1 aliphatic rings. The number of carboxylic acids is 1. The summed E-state index contributed by atoms with van der Waals surface area (Å²) < 4.78 is 35.6. The molecule has 86 valence electrons. The molecule has 1 heterocycles. The summed E-state index contributed by atoms with van der Waals surface area (Å²) in [6.45, 7) is -0.511. The Bertz CT molecular complexity index is 277. The Kier molecular flexibility index (Phi) is 3.33. The van der Waals surface area contributed by atoms with Crippen LogP contribution in [0.5, 0.6) is 0 Å². The van der Waals surface area contributed by atoms with Crippen LogP contribution in [0, 0.1) is 5.92 Å². The van der Waals surface area contributed by atoms with E-state index in [-0.39, 0.29) is 13.1 Å². The monoisotopic (exact) mass is 225 g/mol. The number of carbonyl (C=O) groups is 2. The summed E-state index contributed by atoms with van der Waals surface area (Å²) >= 11 is 0. The van der Waals surface area contributed by atoms with E-state index in [1.807, 2.05) is 0 Å². The van der Waals surface area contributed by atoms with Crippen molar-refractivity contribution in [3.05, 3.63) is 0 Å². The third-order valence-electron chi connectivity index (χ3n) is 2.31. The van der Waals surface area contributed by atoms with Crippen LogP contribution in [0.25, 0.3) is 0 Å². The molecular weight excluding hydrogens is 215 g/mol. The topological polar surface area (TPSA) is 57.6 Å². The second-order valence-corrected chi connectivity index (χ2v) is 3.48. The zero-order chi connectivity index (χ0) is 11.6. The highest BCUT2D eigenvalue weighted by Gasteiger charge is 2.40. The van der Waals surface area contributed by atoms with Crippen molar-refractivity contribution < 1.29 is 27.9 Å². The van der Waals surface area contributed by atoms with Gasteiger partial charge in [-0.05, 0) is 13.0 Å². The first-order valence-corrected chi connectivity index (χ1v) is 4.36. The first-order chi connectivity index (χ1) is 6.80. The number of rotatable bonds is 3. The fourth-order valence-electron chi connectivity index (χ4n) is 1.47. The molecule has 1 aliphatic heterocycles. The van der Waals surface area contributed by atoms with E-state index in [4.69, 9.17) is 5.11 Å². The van der Waals surface area contributed by atoms with Gasteiger partial charge in [0.05, 0.1) is 12.5 Å². The van der Waals surface area contributed by atoms with Gasteiger partial charge in [-0.1, -0.05) is 0 Å². The van der Waals surface area contributed by atoms with Crippen molar-refractivity contribution in [3.63, 3.8) is 0 Å². The van der Waals surface area contributed by atoms with Gasteiger partial charge in [0.1, 0.15) is 0 Å². The fraction of sp³-hybridized carbons (Fsp3) is 0.750. The average molecular weight is 225 g/mol. The number of carboxylic acid groups (broad SMARTS) is 1. The minimum absolute atomic E-state index is 0.0111. The van der Waals surface area contributed by atoms with Crippen molar-refractivity contribution in [2.24, 2.45) is 5.92 Å². The van der Waals surface area contributed by atoms with Crippen LogP contribution in [-0.4, -0.2) is 47.6 Å². The van der Waals surface area contributed by atoms with Gasteiger partial charge in [-0.25, -0.2) is 0 Å². The molecule has 0 radical (unpaired) electrons. The van der Waals surface area contributed by atoms with E-state index in [9.17, 15) is 22.8 Å². The zero-order valence-corrected chi connectivity index (χ0v) is 7.75. The highest BCUT2D eigenvalue weighted by molar-refractivity contribution is 5.86. The molecule has 1 fully saturated rings. The maximum Gasteiger partial charge on any atom is 0.451 e. The third-order valence-corrected chi connectivity index (χ3v) is 2.31. The molecule has 0 saturated carbocycles. The first-order valence-electron chi connectivity index (χ1n) is 4.36. The molecular formula is C8H10F3NO3. The zero-order valence-electron chi connectivity index (χ0n) is 7.75. The van der Waals surface area contributed by atoms with Crippen LogP contribution in [-0.2, 0) is 9.59 Å². The Hall–Kier alpha value is -1.11. The molecule has 7 heteroatoms. The number of aliphatic carboxylic acids is 1. The second-order valence-electron chi connectivity index (χ2n) is 3.48. The van der Waals surface area contributed by atoms with Crippen LogP contribution in [0.15, 0.2) is 0 Å². The number of ketones is 1. The van der Waals surface area contributed by atoms with Gasteiger partial charge in [-0.3, -0.25) is 14.5 Å². The fourth-order valence-corrected chi connectivity index (χ4v) is 1.47. The van der Waals surface area contributed by atoms with Gasteiger partial charge in [-0.2, -0.15) is 13.2 Å². The lowest BCUT2D eigenvalue weighted by Crippen LogP contribution is -2.36. The van der Waals surface area contributed by atoms with Crippen molar-refractivity contribution in [1.82, 2.24) is 4.90 Å². The number of halogens is 3. The molecule has 0 amide bonds. The third kappa shape index (κ3) is 3.19. The van der Waals surface area contributed by atoms with Gasteiger partial charge in [0, 0.05) is 6.54 Å². The second kappa shape index (κ2) is 4.18. The summed E-state index contributed by atoms with van der Waals surface area (Å²) in [6.07, 6.45) is -4.54. The van der Waals surface area contributed by atoms with Gasteiger partial charge in [0.25, 0.3) is 0 Å². The maximum absolute atomic E-state index is 11.9. The summed E-state index contributed by atoms with van der Waals surface area (Å²) in [7, 11) is 0. The number of hydrogen-bond donors (Lipinski definition) is 1. The Balaban J connectivity index is 2.43. The highest BCUT2D eigenvalue weighted by Crippen LogP contribution is 2.20. The summed E-state index contributed by atoms with van der Waals surface area (Å²) in [4.78, 5) is 22.3. The van der Waals surface area contributed by atoms with Crippen molar-refractivity contribution in [1.29, 1.82) is 0 Å². The lowest BCUT2D eigenvalue weighted by atomic mass is 10.1. The van der Waals surface area contributed by atoms with E-state index in [1.165, 1.54) is 4.90 Å². The van der Waals surface area contributed by atoms with Crippen LogP contribution in [0.2, 0.25) is 0 Å². The Morgan fingerprint density at radius 3 is 2.40 bits per heavy atom. The van der Waals surface area contributed by atoms with Crippen LogP contribution in [0.3, 0.4) is 0 Å². The summed E-state index contributed by atoms with van der Waals surface area (Å²) in [5.74, 6) is -3.52. The van der Waals surface area contributed by atoms with Crippen molar-refractivity contribution in [2.45, 2.75) is 12.6 Å². The predicted octanol–water partition coefficient (Wildman–Crippen LogP) is 0.524. The van der Waals surface area contributed by atoms with Crippen LogP contribution >= 0.6 is 0 Å². The molecule has 1 saturated heterocycles. The molecule has 0 aromatic heterocycles. The minimum Gasteiger partial charge on any atom is -0.481 e. The lowest BCUT2D eigenvalue weighted by molar-refractivity contribution is -0.172. The molecule has 1 N–H and O–H groups in total. The van der Waals surface area contributed by atoms with E-state index in [2.05, 4.69) is 0 Å². The van der Waals surface area contributed by atoms with Crippen LogP contribution < -0.4 is 0 Å². The molecule has 4 nitrogen and oxygen atoms in total. The molecule has 15 heavy (non-hydrogen) atoms. The molecule has 0 aliphatic carbocycles. The smallest absolute Gasteiger partial charge is 0.451 e. The number of likely N-dealkylation sites (tertiary alicyclic amines) is 1. The molecule has 0 aromatic carbocycles. The van der Waals surface area contributed by atoms with E-state index in [0.717, 1.165) is 0 Å². The largest absolute Gasteiger partial charge is 0.481 e. The number of carbonyl (C=O) groups excluding carboxylic acids is 1. The highest BCUT2D eigenvalue weighted by atomic mass is 19.4. The summed E-state index contributed by atoms with van der Waals surface area (Å²) in [5.41, 5.74) is 0. The van der Waals surface area contributed by atoms with Gasteiger partial charge < -0.3 is 5.11 Å². The molecule has 1 unspecified atom stereocenters. The average Bonchev–Trinajstić information content (AvgIpc) is 2.50. The van der Waals surface area contributed by atoms with Gasteiger partial charge in [-0.15, -0.1) is 0 Å². The lowest BCUT2D eigenvalue weighted by Gasteiger charge is -2.14. The van der Waals surface area contributed by atoms with Gasteiger partial charge in [0.15, 0.2) is 0 Å². The van der Waals surface area contributed by atoms with Gasteiger partial charge >= 0.3 is 12.1 Å². The van der Waals surface area contributed by atoms with Crippen molar-refractivity contribution in [2.75, 3.05) is 19.6 Å². The summed E-state index contributed by atoms with van der Waals surface area (Å²) in [6, 6.07) is 0. The quantitative estimate of drug-likeness (QED) is 0.760. The molecule has 0 bridgehead atoms. The van der Waals surface area contributed by atoms with Crippen LogP contribution in [0.4, 0.5) is 13.2 Å². The maximum atomic E-state index is 11.9. The van der Waals surface area contributed by atoms with Crippen LogP contribution in [0.1, 0.15) is 6.42 Å². The normalized spacial score (nSPS) is 23.0. The molecule has 0 aromatic rings. The number of Topliss-reactive ketones (excluding diaryl/α,β-unsaturated/α-hetero) is 1. The minimum atomic E-state index is -4.83. The number of alkyl halides is 3. The molecule has 0 spiro atoms. The van der Waals surface area contributed by atoms with Crippen molar-refractivity contribution in [3.8, 4) is 0 Å². The van der Waals surface area contributed by atoms with E-state index in [1.54, 1.807) is 0 Å². The predicted molar refractivity (Wildman–Crippen MR) is 43.2 cm³/mol. The standard InChI is InChI=1S/C8H10F3NO3/c9-8(10,11)6(13)4-12-2-1-5(3-12)7(14)15/h5H,1-4H2,(H,14,15). The summed E-state index contributed by atoms with van der Waals surface area (Å²) in [5, 5.41) is 8.59. The number of hydrogen-bond acceptors (Lipinski definition) is 3. The SMILES string of the molecule is O=C(O)C1CCN(CC(=O)C(F)(F)F)C1. The Labute approximate surface area is 83.7 Å². The molecule has 1 rings (SSSR count). The van der Waals surface area contributed by atoms with Gasteiger partial charge in [0.2, 0.25) is 5.78 Å². The Morgan fingerprint density at radius 2 is 2.00 bits per heavy atom. The van der Waals surface area contributed by atoms with Crippen molar-refractivity contribution >= 4 is 11.8 Å². The van der Waals surface area contributed by atoms with E-state index < -0.39 is 30.4 Å².